The molecule has 0 aliphatic heterocycles. The molecular weight excluding hydrogens is 262 g/mol. The Balaban J connectivity index is 1.94. The number of aryl methyl sites for hydroxylation is 1. The molecule has 5 heteroatoms. The minimum Gasteiger partial charge on any atom is -0.399 e. The van der Waals surface area contributed by atoms with Crippen LogP contribution in [0.3, 0.4) is 0 Å². The largest absolute Gasteiger partial charge is 0.399 e. The van der Waals surface area contributed by atoms with E-state index in [1.54, 1.807) is 0 Å². The molecule has 21 heavy (non-hydrogen) atoms. The van der Waals surface area contributed by atoms with Crippen molar-refractivity contribution in [2.75, 3.05) is 5.73 Å². The predicted molar refractivity (Wildman–Crippen MR) is 83.6 cm³/mol. The zero-order valence-electron chi connectivity index (χ0n) is 13.0. The van der Waals surface area contributed by atoms with E-state index < -0.39 is 0 Å². The van der Waals surface area contributed by atoms with Crippen LogP contribution in [0.15, 0.2) is 18.2 Å². The molecule has 1 aliphatic rings. The summed E-state index contributed by atoms with van der Waals surface area (Å²) in [5, 5.41) is 12.4. The second kappa shape index (κ2) is 5.47. The molecule has 2 N–H and O–H groups in total. The van der Waals surface area contributed by atoms with Gasteiger partial charge in [-0.05, 0) is 72.2 Å². The lowest BCUT2D eigenvalue weighted by atomic mass is 9.79. The van der Waals surface area contributed by atoms with Gasteiger partial charge in [0.05, 0.1) is 6.04 Å². The summed E-state index contributed by atoms with van der Waals surface area (Å²) in [5.74, 6) is 2.37. The van der Waals surface area contributed by atoms with Gasteiger partial charge in [-0.15, -0.1) is 5.10 Å². The number of nitrogens with zero attached hydrogens (tertiary/aromatic N) is 4. The molecule has 3 atom stereocenters. The first-order valence-electron chi connectivity index (χ1n) is 7.70. The minimum atomic E-state index is 0.401. The van der Waals surface area contributed by atoms with E-state index in [9.17, 15) is 0 Å². The van der Waals surface area contributed by atoms with Crippen molar-refractivity contribution >= 4 is 5.69 Å². The number of nitrogen functional groups attached to an aromatic ring is 1. The van der Waals surface area contributed by atoms with E-state index in [-0.39, 0.29) is 0 Å². The van der Waals surface area contributed by atoms with Crippen molar-refractivity contribution in [3.05, 3.63) is 23.8 Å². The summed E-state index contributed by atoms with van der Waals surface area (Å²) in [6.07, 6.45) is 3.54. The third-order valence-electron chi connectivity index (χ3n) is 4.90. The maximum atomic E-state index is 5.84. The van der Waals surface area contributed by atoms with E-state index >= 15 is 0 Å². The van der Waals surface area contributed by atoms with Gasteiger partial charge in [-0.25, -0.2) is 4.68 Å². The van der Waals surface area contributed by atoms with Gasteiger partial charge in [-0.2, -0.15) is 0 Å². The van der Waals surface area contributed by atoms with Crippen LogP contribution in [0.5, 0.6) is 0 Å². The summed E-state index contributed by atoms with van der Waals surface area (Å²) in [7, 11) is 0. The van der Waals surface area contributed by atoms with Crippen LogP contribution < -0.4 is 5.73 Å². The average Bonchev–Trinajstić information content (AvgIpc) is 2.91. The summed E-state index contributed by atoms with van der Waals surface area (Å²) >= 11 is 0. The number of benzene rings is 1. The van der Waals surface area contributed by atoms with Gasteiger partial charge in [-0.1, -0.05) is 13.8 Å². The fraction of sp³-hybridized carbons (Fsp3) is 0.562. The van der Waals surface area contributed by atoms with Crippen LogP contribution in [-0.2, 0) is 0 Å². The number of hydrogen-bond acceptors (Lipinski definition) is 4. The Morgan fingerprint density at radius 2 is 2.00 bits per heavy atom. The number of tetrazole rings is 1. The highest BCUT2D eigenvalue weighted by Crippen LogP contribution is 2.37. The lowest BCUT2D eigenvalue weighted by Crippen LogP contribution is -2.24. The van der Waals surface area contributed by atoms with E-state index in [4.69, 9.17) is 5.73 Å². The fourth-order valence-electron chi connectivity index (χ4n) is 3.30. The Morgan fingerprint density at radius 1 is 1.19 bits per heavy atom. The van der Waals surface area contributed by atoms with Crippen LogP contribution >= 0.6 is 0 Å². The second-order valence-corrected chi connectivity index (χ2v) is 6.44. The normalized spacial score (nSPS) is 26.0. The van der Waals surface area contributed by atoms with E-state index in [1.165, 1.54) is 6.42 Å². The molecule has 0 radical (unpaired) electrons. The molecule has 2 aromatic rings. The van der Waals surface area contributed by atoms with Crippen molar-refractivity contribution in [1.29, 1.82) is 0 Å². The van der Waals surface area contributed by atoms with Crippen molar-refractivity contribution in [2.45, 2.75) is 46.1 Å². The standard InChI is InChI=1S/C16H23N5/c1-10-4-6-14(9-11(10)2)21-16(18-19-20-21)15-7-5-13(17)8-12(15)3/h5,7-8,10-11,14H,4,6,9,17H2,1-3H3. The Hall–Kier alpha value is -1.91. The third-order valence-corrected chi connectivity index (χ3v) is 4.90. The monoisotopic (exact) mass is 285 g/mol. The van der Waals surface area contributed by atoms with Gasteiger partial charge in [0.15, 0.2) is 5.82 Å². The average molecular weight is 285 g/mol. The van der Waals surface area contributed by atoms with Gasteiger partial charge in [0.1, 0.15) is 0 Å². The molecule has 0 amide bonds. The first-order chi connectivity index (χ1) is 10.1. The lowest BCUT2D eigenvalue weighted by Gasteiger charge is -2.32. The maximum absolute atomic E-state index is 5.84. The van der Waals surface area contributed by atoms with Crippen LogP contribution in [0, 0.1) is 18.8 Å². The van der Waals surface area contributed by atoms with Crippen LogP contribution in [-0.4, -0.2) is 20.2 Å². The van der Waals surface area contributed by atoms with E-state index in [2.05, 4.69) is 36.3 Å². The molecule has 1 saturated carbocycles. The maximum Gasteiger partial charge on any atom is 0.182 e. The fourth-order valence-corrected chi connectivity index (χ4v) is 3.30. The molecule has 0 saturated heterocycles. The summed E-state index contributed by atoms with van der Waals surface area (Å²) in [6, 6.07) is 6.30. The Kier molecular flexibility index (Phi) is 3.66. The van der Waals surface area contributed by atoms with Gasteiger partial charge in [0.25, 0.3) is 0 Å². The molecule has 3 rings (SSSR count). The highest BCUT2D eigenvalue weighted by atomic mass is 15.5. The molecule has 112 valence electrons. The van der Waals surface area contributed by atoms with Gasteiger partial charge < -0.3 is 5.73 Å². The summed E-state index contributed by atoms with van der Waals surface area (Å²) in [5.41, 5.74) is 8.79. The second-order valence-electron chi connectivity index (χ2n) is 6.44. The zero-order chi connectivity index (χ0) is 15.0. The topological polar surface area (TPSA) is 69.6 Å². The smallest absolute Gasteiger partial charge is 0.182 e. The van der Waals surface area contributed by atoms with Crippen LogP contribution in [0.25, 0.3) is 11.4 Å². The van der Waals surface area contributed by atoms with Crippen LogP contribution in [0.1, 0.15) is 44.7 Å². The molecule has 3 unspecified atom stereocenters. The summed E-state index contributed by atoms with van der Waals surface area (Å²) in [4.78, 5) is 0. The Labute approximate surface area is 125 Å². The highest BCUT2D eigenvalue weighted by Gasteiger charge is 2.28. The Bertz CT molecular complexity index is 633. The first-order valence-corrected chi connectivity index (χ1v) is 7.70. The van der Waals surface area contributed by atoms with Crippen LogP contribution in [0.4, 0.5) is 5.69 Å². The lowest BCUT2D eigenvalue weighted by molar-refractivity contribution is 0.200. The van der Waals surface area contributed by atoms with Gasteiger partial charge in [0, 0.05) is 11.3 Å². The van der Waals surface area contributed by atoms with Gasteiger partial charge in [0.2, 0.25) is 0 Å². The number of anilines is 1. The van der Waals surface area contributed by atoms with Crippen molar-refractivity contribution in [3.63, 3.8) is 0 Å². The van der Waals surface area contributed by atoms with Crippen LogP contribution in [0.2, 0.25) is 0 Å². The summed E-state index contributed by atoms with van der Waals surface area (Å²) < 4.78 is 2.01. The molecule has 1 aromatic carbocycles. The molecule has 1 aliphatic carbocycles. The SMILES string of the molecule is Cc1cc(N)ccc1-c1nnnn1C1CCC(C)C(C)C1. The highest BCUT2D eigenvalue weighted by molar-refractivity contribution is 5.63. The van der Waals surface area contributed by atoms with Crippen molar-refractivity contribution in [2.24, 2.45) is 11.8 Å². The molecule has 1 heterocycles. The molecule has 0 spiro atoms. The number of nitrogens with two attached hydrogens (primary N) is 1. The Morgan fingerprint density at radius 3 is 2.71 bits per heavy atom. The molecule has 1 fully saturated rings. The van der Waals surface area contributed by atoms with Crippen molar-refractivity contribution in [3.8, 4) is 11.4 Å². The van der Waals surface area contributed by atoms with Crippen molar-refractivity contribution < 1.29 is 0 Å². The quantitative estimate of drug-likeness (QED) is 0.860. The molecular formula is C16H23N5. The van der Waals surface area contributed by atoms with Gasteiger partial charge >= 0.3 is 0 Å². The number of hydrogen-bond donors (Lipinski definition) is 1. The van der Waals surface area contributed by atoms with E-state index in [0.29, 0.717) is 12.0 Å². The van der Waals surface area contributed by atoms with Crippen molar-refractivity contribution in [1.82, 2.24) is 20.2 Å². The minimum absolute atomic E-state index is 0.401. The predicted octanol–water partition coefficient (Wildman–Crippen LogP) is 3.23. The summed E-state index contributed by atoms with van der Waals surface area (Å²) in [6.45, 7) is 6.72. The molecule has 0 bridgehead atoms. The molecule has 1 aromatic heterocycles. The molecule has 5 nitrogen and oxygen atoms in total. The zero-order valence-corrected chi connectivity index (χ0v) is 13.0. The number of aromatic nitrogens is 4. The first kappa shape index (κ1) is 14.0. The number of rotatable bonds is 2. The third kappa shape index (κ3) is 2.64. The van der Waals surface area contributed by atoms with Gasteiger partial charge in [-0.3, -0.25) is 0 Å². The van der Waals surface area contributed by atoms with E-state index in [1.807, 2.05) is 22.9 Å². The van der Waals surface area contributed by atoms with E-state index in [0.717, 1.165) is 41.4 Å².